The van der Waals surface area contributed by atoms with Gasteiger partial charge in [0.15, 0.2) is 5.65 Å². The number of aromatic nitrogens is 4. The first-order valence-corrected chi connectivity index (χ1v) is 9.85. The summed E-state index contributed by atoms with van der Waals surface area (Å²) in [5.74, 6) is 1.25. The Morgan fingerprint density at radius 1 is 1.36 bits per heavy atom. The number of likely N-dealkylation sites (tertiary alicyclic amines) is 1. The van der Waals surface area contributed by atoms with Crippen LogP contribution in [0.3, 0.4) is 0 Å². The summed E-state index contributed by atoms with van der Waals surface area (Å²) in [6, 6.07) is 5.70. The molecule has 0 N–H and O–H groups in total. The molecule has 0 spiro atoms. The zero-order chi connectivity index (χ0) is 19.5. The quantitative estimate of drug-likeness (QED) is 0.650. The number of piperidine rings is 1. The van der Waals surface area contributed by atoms with Crippen LogP contribution >= 0.6 is 0 Å². The molecule has 1 aliphatic rings. The third kappa shape index (κ3) is 3.72. The third-order valence-corrected chi connectivity index (χ3v) is 5.09. The molecule has 3 aromatic heterocycles. The molecule has 8 nitrogen and oxygen atoms in total. The highest BCUT2D eigenvalue weighted by Crippen LogP contribution is 2.31. The highest BCUT2D eigenvalue weighted by Gasteiger charge is 2.30. The van der Waals surface area contributed by atoms with Crippen LogP contribution in [0.4, 0.5) is 0 Å². The number of carbonyl (C=O) groups is 1. The van der Waals surface area contributed by atoms with Crippen molar-refractivity contribution in [1.29, 1.82) is 0 Å². The first kappa shape index (κ1) is 18.5. The van der Waals surface area contributed by atoms with E-state index in [9.17, 15) is 4.79 Å². The van der Waals surface area contributed by atoms with E-state index in [-0.39, 0.29) is 11.9 Å². The maximum atomic E-state index is 13.0. The second-order valence-corrected chi connectivity index (χ2v) is 7.09. The predicted molar refractivity (Wildman–Crippen MR) is 102 cm³/mol. The van der Waals surface area contributed by atoms with Crippen molar-refractivity contribution in [3.63, 3.8) is 0 Å². The van der Waals surface area contributed by atoms with E-state index < -0.39 is 0 Å². The van der Waals surface area contributed by atoms with E-state index in [1.54, 1.807) is 12.3 Å². The minimum absolute atomic E-state index is 0.0137. The Hall–Kier alpha value is -2.90. The fourth-order valence-electron chi connectivity index (χ4n) is 3.82. The Kier molecular flexibility index (Phi) is 5.27. The molecule has 1 atom stereocenters. The number of fused-ring (bicyclic) bond motifs is 1. The lowest BCUT2D eigenvalue weighted by Gasteiger charge is -2.36. The second-order valence-electron chi connectivity index (χ2n) is 7.09. The number of nitrogens with zero attached hydrogens (tertiary/aromatic N) is 5. The zero-order valence-electron chi connectivity index (χ0n) is 16.3. The second kappa shape index (κ2) is 8.00. The van der Waals surface area contributed by atoms with Gasteiger partial charge in [-0.2, -0.15) is 5.10 Å². The van der Waals surface area contributed by atoms with Gasteiger partial charge in [-0.25, -0.2) is 9.50 Å². The minimum atomic E-state index is 0.0137. The summed E-state index contributed by atoms with van der Waals surface area (Å²) in [6.07, 6.45) is 5.73. The SMILES string of the molecule is CCOc1cc(CCC(=O)N2CCCC[C@@H]2c2ccnc3cc(C)nn23)on1. The molecule has 28 heavy (non-hydrogen) atoms. The topological polar surface area (TPSA) is 85.8 Å². The molecule has 0 unspecified atom stereocenters. The summed E-state index contributed by atoms with van der Waals surface area (Å²) in [5, 5.41) is 8.43. The molecule has 0 saturated carbocycles. The minimum Gasteiger partial charge on any atom is -0.476 e. The zero-order valence-corrected chi connectivity index (χ0v) is 16.3. The average Bonchev–Trinajstić information content (AvgIpc) is 3.31. The maximum Gasteiger partial charge on any atom is 0.254 e. The van der Waals surface area contributed by atoms with Crippen molar-refractivity contribution < 1.29 is 14.1 Å². The standard InChI is InChI=1S/C20H25N5O3/c1-3-27-19-13-15(28-23-19)7-8-20(26)24-11-5-4-6-16(24)17-9-10-21-18-12-14(2)22-25(17)18/h9-10,12-13,16H,3-8,11H2,1-2H3/t16-/m1/s1. The number of hydrogen-bond acceptors (Lipinski definition) is 6. The molecule has 0 bridgehead atoms. The summed E-state index contributed by atoms with van der Waals surface area (Å²) >= 11 is 0. The predicted octanol–water partition coefficient (Wildman–Crippen LogP) is 3.11. The van der Waals surface area contributed by atoms with E-state index in [2.05, 4.69) is 15.2 Å². The van der Waals surface area contributed by atoms with Crippen molar-refractivity contribution >= 4 is 11.6 Å². The Morgan fingerprint density at radius 3 is 3.11 bits per heavy atom. The Balaban J connectivity index is 1.50. The monoisotopic (exact) mass is 383 g/mol. The highest BCUT2D eigenvalue weighted by atomic mass is 16.5. The lowest BCUT2D eigenvalue weighted by molar-refractivity contribution is -0.135. The smallest absolute Gasteiger partial charge is 0.254 e. The van der Waals surface area contributed by atoms with Gasteiger partial charge in [-0.15, -0.1) is 0 Å². The van der Waals surface area contributed by atoms with Crippen LogP contribution in [-0.2, 0) is 11.2 Å². The van der Waals surface area contributed by atoms with E-state index in [4.69, 9.17) is 9.26 Å². The van der Waals surface area contributed by atoms with Crippen molar-refractivity contribution in [2.24, 2.45) is 0 Å². The van der Waals surface area contributed by atoms with Crippen molar-refractivity contribution in [1.82, 2.24) is 24.7 Å². The largest absolute Gasteiger partial charge is 0.476 e. The van der Waals surface area contributed by atoms with Gasteiger partial charge >= 0.3 is 0 Å². The Morgan fingerprint density at radius 2 is 2.25 bits per heavy atom. The molecule has 1 saturated heterocycles. The molecular weight excluding hydrogens is 358 g/mol. The van der Waals surface area contributed by atoms with E-state index >= 15 is 0 Å². The van der Waals surface area contributed by atoms with Crippen LogP contribution < -0.4 is 4.74 Å². The lowest BCUT2D eigenvalue weighted by Crippen LogP contribution is -2.39. The summed E-state index contributed by atoms with van der Waals surface area (Å²) < 4.78 is 12.4. The molecule has 1 amide bonds. The van der Waals surface area contributed by atoms with Crippen LogP contribution in [0.1, 0.15) is 55.8 Å². The first-order valence-electron chi connectivity index (χ1n) is 9.85. The van der Waals surface area contributed by atoms with Gasteiger partial charge in [0.05, 0.1) is 24.0 Å². The van der Waals surface area contributed by atoms with E-state index in [1.807, 2.05) is 35.4 Å². The summed E-state index contributed by atoms with van der Waals surface area (Å²) in [6.45, 7) is 5.14. The average molecular weight is 383 g/mol. The Bertz CT molecular complexity index is 964. The number of amides is 1. The molecule has 0 radical (unpaired) electrons. The molecule has 3 aromatic rings. The third-order valence-electron chi connectivity index (χ3n) is 5.09. The maximum absolute atomic E-state index is 13.0. The fourth-order valence-corrected chi connectivity index (χ4v) is 3.82. The van der Waals surface area contributed by atoms with Crippen molar-refractivity contribution in [2.45, 2.75) is 52.0 Å². The molecule has 4 rings (SSSR count). The van der Waals surface area contributed by atoms with Crippen LogP contribution in [0.15, 0.2) is 28.9 Å². The Labute approximate surface area is 163 Å². The van der Waals surface area contributed by atoms with Crippen molar-refractivity contribution in [2.75, 3.05) is 13.2 Å². The molecule has 1 aliphatic heterocycles. The number of ether oxygens (including phenoxy) is 1. The molecule has 0 aromatic carbocycles. The lowest BCUT2D eigenvalue weighted by atomic mass is 9.98. The van der Waals surface area contributed by atoms with Crippen molar-refractivity contribution in [3.05, 3.63) is 41.5 Å². The molecule has 0 aliphatic carbocycles. The number of aryl methyl sites for hydroxylation is 2. The summed E-state index contributed by atoms with van der Waals surface area (Å²) in [5.41, 5.74) is 2.76. The molecule has 1 fully saturated rings. The molecule has 8 heteroatoms. The molecule has 148 valence electrons. The number of hydrogen-bond donors (Lipinski definition) is 0. The van der Waals surface area contributed by atoms with Gasteiger partial charge < -0.3 is 14.2 Å². The molecular formula is C20H25N5O3. The first-order chi connectivity index (χ1) is 13.7. The van der Waals surface area contributed by atoms with Gasteiger partial charge in [0.25, 0.3) is 5.88 Å². The van der Waals surface area contributed by atoms with Crippen LogP contribution in [0.25, 0.3) is 5.65 Å². The van der Waals surface area contributed by atoms with Gasteiger partial charge in [0, 0.05) is 37.7 Å². The normalized spacial score (nSPS) is 17.2. The summed E-state index contributed by atoms with van der Waals surface area (Å²) in [7, 11) is 0. The van der Waals surface area contributed by atoms with E-state index in [0.29, 0.717) is 31.1 Å². The van der Waals surface area contributed by atoms with Gasteiger partial charge in [0.2, 0.25) is 5.91 Å². The van der Waals surface area contributed by atoms with Crippen LogP contribution in [0.5, 0.6) is 5.88 Å². The van der Waals surface area contributed by atoms with Crippen LogP contribution in [0.2, 0.25) is 0 Å². The van der Waals surface area contributed by atoms with Gasteiger partial charge in [-0.3, -0.25) is 4.79 Å². The van der Waals surface area contributed by atoms with Crippen LogP contribution in [0, 0.1) is 6.92 Å². The fraction of sp³-hybridized carbons (Fsp3) is 0.500. The molecule has 4 heterocycles. The number of rotatable bonds is 6. The van der Waals surface area contributed by atoms with Gasteiger partial charge in [-0.05, 0) is 44.3 Å². The number of carbonyl (C=O) groups excluding carboxylic acids is 1. The van der Waals surface area contributed by atoms with Crippen molar-refractivity contribution in [3.8, 4) is 5.88 Å². The van der Waals surface area contributed by atoms with Gasteiger partial charge in [-0.1, -0.05) is 0 Å². The van der Waals surface area contributed by atoms with Gasteiger partial charge in [0.1, 0.15) is 5.76 Å². The van der Waals surface area contributed by atoms with Crippen LogP contribution in [-0.4, -0.2) is 43.7 Å². The summed E-state index contributed by atoms with van der Waals surface area (Å²) in [4.78, 5) is 19.4. The van der Waals surface area contributed by atoms with E-state index in [1.165, 1.54) is 0 Å². The van der Waals surface area contributed by atoms with E-state index in [0.717, 1.165) is 42.8 Å². The highest BCUT2D eigenvalue weighted by molar-refractivity contribution is 5.77.